The third-order valence-corrected chi connectivity index (χ3v) is 5.53. The van der Waals surface area contributed by atoms with E-state index in [1.165, 1.54) is 4.90 Å². The molecular formula is C26H31NO5. The first kappa shape index (κ1) is 23.4. The molecule has 6 nitrogen and oxygen atoms in total. The largest absolute Gasteiger partial charge is 0.503 e. The van der Waals surface area contributed by atoms with Gasteiger partial charge in [0, 0.05) is 12.1 Å². The zero-order chi connectivity index (χ0) is 23.6. The number of aliphatic hydroxyl groups excluding tert-OH is 1. The van der Waals surface area contributed by atoms with Crippen molar-refractivity contribution in [1.29, 1.82) is 0 Å². The summed E-state index contributed by atoms with van der Waals surface area (Å²) in [6.45, 7) is 10.0. The first-order valence-corrected chi connectivity index (χ1v) is 10.9. The zero-order valence-corrected chi connectivity index (χ0v) is 19.6. The number of Topliss-reactive ketones (excluding diaryl/α,β-unsaturated/α-hetero) is 1. The molecule has 0 spiro atoms. The number of hydrogen-bond acceptors (Lipinski definition) is 5. The van der Waals surface area contributed by atoms with Gasteiger partial charge in [-0.2, -0.15) is 0 Å². The van der Waals surface area contributed by atoms with Crippen molar-refractivity contribution in [1.82, 2.24) is 0 Å². The summed E-state index contributed by atoms with van der Waals surface area (Å²) in [5.74, 6) is -0.148. The SMILES string of the molecule is CCOc1cc(C2C(C(=O)CC(C)C)=C(O)C(=O)N2c2cc(C)ccc2C)ccc1OC. The van der Waals surface area contributed by atoms with Crippen LogP contribution in [0.2, 0.25) is 0 Å². The minimum absolute atomic E-state index is 0.0863. The lowest BCUT2D eigenvalue weighted by atomic mass is 9.91. The predicted octanol–water partition coefficient (Wildman–Crippen LogP) is 5.23. The van der Waals surface area contributed by atoms with Gasteiger partial charge in [0.05, 0.1) is 25.3 Å². The average Bonchev–Trinajstić information content (AvgIpc) is 3.00. The fraction of sp³-hybridized carbons (Fsp3) is 0.385. The molecule has 170 valence electrons. The van der Waals surface area contributed by atoms with Crippen LogP contribution in [0, 0.1) is 19.8 Å². The van der Waals surface area contributed by atoms with Crippen molar-refractivity contribution in [3.8, 4) is 11.5 Å². The number of ether oxygens (including phenoxy) is 2. The van der Waals surface area contributed by atoms with E-state index in [0.717, 1.165) is 11.1 Å². The van der Waals surface area contributed by atoms with Gasteiger partial charge in [0.2, 0.25) is 0 Å². The van der Waals surface area contributed by atoms with Crippen LogP contribution in [-0.4, -0.2) is 30.5 Å². The smallest absolute Gasteiger partial charge is 0.294 e. The van der Waals surface area contributed by atoms with Gasteiger partial charge >= 0.3 is 0 Å². The van der Waals surface area contributed by atoms with Gasteiger partial charge in [0.25, 0.3) is 5.91 Å². The molecule has 32 heavy (non-hydrogen) atoms. The van der Waals surface area contributed by atoms with Crippen LogP contribution in [0.1, 0.15) is 49.9 Å². The maximum Gasteiger partial charge on any atom is 0.294 e. The van der Waals surface area contributed by atoms with E-state index in [-0.39, 0.29) is 23.7 Å². The molecule has 0 radical (unpaired) electrons. The predicted molar refractivity (Wildman–Crippen MR) is 124 cm³/mol. The standard InChI is InChI=1S/C26H31NO5/c1-7-32-22-14-18(10-11-21(22)31-6)24-23(20(28)12-15(2)3)25(29)26(30)27(24)19-13-16(4)8-9-17(19)5/h8-11,13-15,24,29H,7,12H2,1-6H3. The zero-order valence-electron chi connectivity index (χ0n) is 19.6. The fourth-order valence-corrected chi connectivity index (χ4v) is 4.05. The van der Waals surface area contributed by atoms with Crippen molar-refractivity contribution in [3.63, 3.8) is 0 Å². The molecule has 3 rings (SSSR count). The fourth-order valence-electron chi connectivity index (χ4n) is 4.05. The molecule has 0 aliphatic carbocycles. The Balaban J connectivity index is 2.23. The lowest BCUT2D eigenvalue weighted by Gasteiger charge is -2.29. The maximum atomic E-state index is 13.3. The molecule has 1 aliphatic rings. The Morgan fingerprint density at radius 3 is 2.47 bits per heavy atom. The molecule has 1 unspecified atom stereocenters. The molecule has 1 aliphatic heterocycles. The van der Waals surface area contributed by atoms with Crippen LogP contribution in [-0.2, 0) is 9.59 Å². The number of aryl methyl sites for hydroxylation is 2. The molecule has 0 fully saturated rings. The maximum absolute atomic E-state index is 13.3. The number of methoxy groups -OCH3 is 1. The first-order chi connectivity index (χ1) is 15.2. The van der Waals surface area contributed by atoms with Gasteiger partial charge in [-0.25, -0.2) is 0 Å². The molecule has 0 bridgehead atoms. The second kappa shape index (κ2) is 9.47. The molecule has 0 saturated carbocycles. The van der Waals surface area contributed by atoms with Gasteiger partial charge in [-0.3, -0.25) is 14.5 Å². The topological polar surface area (TPSA) is 76.1 Å². The number of nitrogens with zero attached hydrogens (tertiary/aromatic N) is 1. The van der Waals surface area contributed by atoms with E-state index in [4.69, 9.17) is 9.47 Å². The lowest BCUT2D eigenvalue weighted by Crippen LogP contribution is -2.31. The number of amides is 1. The summed E-state index contributed by atoms with van der Waals surface area (Å²) in [6, 6.07) is 10.4. The monoisotopic (exact) mass is 437 g/mol. The van der Waals surface area contributed by atoms with E-state index in [1.54, 1.807) is 25.3 Å². The highest BCUT2D eigenvalue weighted by atomic mass is 16.5. The Labute approximate surface area is 189 Å². The van der Waals surface area contributed by atoms with Crippen molar-refractivity contribution < 1.29 is 24.2 Å². The molecule has 0 aromatic heterocycles. The minimum Gasteiger partial charge on any atom is -0.503 e. The van der Waals surface area contributed by atoms with E-state index in [1.807, 2.05) is 52.8 Å². The summed E-state index contributed by atoms with van der Waals surface area (Å²) >= 11 is 0. The highest BCUT2D eigenvalue weighted by Gasteiger charge is 2.45. The summed E-state index contributed by atoms with van der Waals surface area (Å²) in [7, 11) is 1.56. The van der Waals surface area contributed by atoms with Gasteiger partial charge in [-0.05, 0) is 61.6 Å². The summed E-state index contributed by atoms with van der Waals surface area (Å²) in [4.78, 5) is 28.0. The second-order valence-corrected chi connectivity index (χ2v) is 8.49. The highest BCUT2D eigenvalue weighted by molar-refractivity contribution is 6.16. The second-order valence-electron chi connectivity index (χ2n) is 8.49. The molecule has 0 saturated heterocycles. The van der Waals surface area contributed by atoms with E-state index in [9.17, 15) is 14.7 Å². The molecular weight excluding hydrogens is 406 g/mol. The van der Waals surface area contributed by atoms with Crippen molar-refractivity contribution in [2.24, 2.45) is 5.92 Å². The Morgan fingerprint density at radius 1 is 1.12 bits per heavy atom. The molecule has 2 aromatic carbocycles. The lowest BCUT2D eigenvalue weighted by molar-refractivity contribution is -0.118. The van der Waals surface area contributed by atoms with Crippen LogP contribution in [0.3, 0.4) is 0 Å². The number of anilines is 1. The van der Waals surface area contributed by atoms with Crippen molar-refractivity contribution in [3.05, 3.63) is 64.4 Å². The van der Waals surface area contributed by atoms with Crippen LogP contribution in [0.4, 0.5) is 5.69 Å². The number of carbonyl (C=O) groups excluding carboxylic acids is 2. The van der Waals surface area contributed by atoms with E-state index >= 15 is 0 Å². The molecule has 2 aromatic rings. The number of aliphatic hydroxyl groups is 1. The molecule has 1 heterocycles. The Hall–Kier alpha value is -3.28. The van der Waals surface area contributed by atoms with Gasteiger partial charge in [-0.1, -0.05) is 32.0 Å². The molecule has 1 amide bonds. The van der Waals surface area contributed by atoms with Crippen LogP contribution < -0.4 is 14.4 Å². The number of carbonyl (C=O) groups is 2. The Bertz CT molecular complexity index is 1070. The van der Waals surface area contributed by atoms with E-state index in [0.29, 0.717) is 29.4 Å². The minimum atomic E-state index is -0.764. The number of ketones is 1. The number of hydrogen-bond donors (Lipinski definition) is 1. The summed E-state index contributed by atoms with van der Waals surface area (Å²) in [5.41, 5.74) is 3.30. The molecule has 1 N–H and O–H groups in total. The quantitative estimate of drug-likeness (QED) is 0.612. The van der Waals surface area contributed by atoms with E-state index < -0.39 is 17.7 Å². The van der Waals surface area contributed by atoms with Crippen molar-refractivity contribution in [2.75, 3.05) is 18.6 Å². The summed E-state index contributed by atoms with van der Waals surface area (Å²) in [5, 5.41) is 10.8. The third-order valence-electron chi connectivity index (χ3n) is 5.53. The third kappa shape index (κ3) is 4.35. The number of rotatable bonds is 8. The normalized spacial score (nSPS) is 16.2. The molecule has 1 atom stereocenters. The van der Waals surface area contributed by atoms with Crippen LogP contribution >= 0.6 is 0 Å². The molecule has 6 heteroatoms. The van der Waals surface area contributed by atoms with Crippen LogP contribution in [0.15, 0.2) is 47.7 Å². The van der Waals surface area contributed by atoms with Crippen LogP contribution in [0.25, 0.3) is 0 Å². The first-order valence-electron chi connectivity index (χ1n) is 10.9. The average molecular weight is 438 g/mol. The van der Waals surface area contributed by atoms with Crippen molar-refractivity contribution in [2.45, 2.75) is 47.1 Å². The van der Waals surface area contributed by atoms with Gasteiger partial charge < -0.3 is 14.6 Å². The summed E-state index contributed by atoms with van der Waals surface area (Å²) < 4.78 is 11.1. The van der Waals surface area contributed by atoms with Gasteiger partial charge in [0.15, 0.2) is 23.0 Å². The number of benzene rings is 2. The van der Waals surface area contributed by atoms with Gasteiger partial charge in [0.1, 0.15) is 0 Å². The van der Waals surface area contributed by atoms with E-state index in [2.05, 4.69) is 0 Å². The van der Waals surface area contributed by atoms with Gasteiger partial charge in [-0.15, -0.1) is 0 Å². The highest BCUT2D eigenvalue weighted by Crippen LogP contribution is 2.44. The van der Waals surface area contributed by atoms with Crippen LogP contribution in [0.5, 0.6) is 11.5 Å². The van der Waals surface area contributed by atoms with Crippen molar-refractivity contribution >= 4 is 17.4 Å². The summed E-state index contributed by atoms with van der Waals surface area (Å²) in [6.07, 6.45) is 0.234. The Kier molecular flexibility index (Phi) is 6.92. The Morgan fingerprint density at radius 2 is 1.84 bits per heavy atom.